The van der Waals surface area contributed by atoms with Crippen molar-refractivity contribution >= 4 is 16.8 Å². The van der Waals surface area contributed by atoms with E-state index in [1.54, 1.807) is 23.6 Å². The van der Waals surface area contributed by atoms with Crippen molar-refractivity contribution in [1.29, 1.82) is 0 Å². The zero-order chi connectivity index (χ0) is 14.0. The number of carbonyl (C=O) groups excluding carboxylic acids is 1. The smallest absolute Gasteiger partial charge is 0.274 e. The van der Waals surface area contributed by atoms with Gasteiger partial charge in [-0.25, -0.2) is 0 Å². The fourth-order valence-corrected chi connectivity index (χ4v) is 2.03. The van der Waals surface area contributed by atoms with E-state index >= 15 is 0 Å². The number of hydrogen-bond donors (Lipinski definition) is 1. The number of aliphatic hydroxyl groups excluding tert-OH is 1. The van der Waals surface area contributed by atoms with Gasteiger partial charge in [0.15, 0.2) is 5.69 Å². The Morgan fingerprint density at radius 3 is 2.84 bits per heavy atom. The molecule has 2 aromatic rings. The van der Waals surface area contributed by atoms with Gasteiger partial charge in [0.25, 0.3) is 5.91 Å². The maximum atomic E-state index is 12.4. The van der Waals surface area contributed by atoms with Crippen molar-refractivity contribution in [1.82, 2.24) is 14.7 Å². The van der Waals surface area contributed by atoms with Gasteiger partial charge in [0, 0.05) is 26.0 Å². The van der Waals surface area contributed by atoms with Crippen LogP contribution in [0.25, 0.3) is 10.9 Å². The Balaban J connectivity index is 2.26. The minimum atomic E-state index is -0.407. The fraction of sp³-hybridized carbons (Fsp3) is 0.429. The molecule has 1 aromatic heterocycles. The number of para-hydroxylation sites is 1. The van der Waals surface area contributed by atoms with Crippen molar-refractivity contribution < 1.29 is 9.90 Å². The molecule has 0 bridgehead atoms. The molecule has 0 aliphatic heterocycles. The molecule has 0 fully saturated rings. The van der Waals surface area contributed by atoms with Crippen LogP contribution in [0.1, 0.15) is 23.8 Å². The minimum Gasteiger partial charge on any atom is -0.393 e. The van der Waals surface area contributed by atoms with Gasteiger partial charge in [-0.2, -0.15) is 5.10 Å². The van der Waals surface area contributed by atoms with E-state index in [-0.39, 0.29) is 5.91 Å². The van der Waals surface area contributed by atoms with Crippen LogP contribution < -0.4 is 0 Å². The molecule has 0 saturated carbocycles. The molecule has 2 rings (SSSR count). The van der Waals surface area contributed by atoms with Gasteiger partial charge in [-0.3, -0.25) is 9.48 Å². The molecule has 5 nitrogen and oxygen atoms in total. The second-order valence-electron chi connectivity index (χ2n) is 4.85. The van der Waals surface area contributed by atoms with Crippen molar-refractivity contribution in [3.8, 4) is 0 Å². The first-order chi connectivity index (χ1) is 9.00. The van der Waals surface area contributed by atoms with E-state index in [0.29, 0.717) is 18.7 Å². The summed E-state index contributed by atoms with van der Waals surface area (Å²) < 4.78 is 1.71. The molecular weight excluding hydrogens is 242 g/mol. The monoisotopic (exact) mass is 261 g/mol. The van der Waals surface area contributed by atoms with Crippen LogP contribution in [0.2, 0.25) is 0 Å². The van der Waals surface area contributed by atoms with Gasteiger partial charge in [0.1, 0.15) is 0 Å². The Morgan fingerprint density at radius 1 is 1.47 bits per heavy atom. The first-order valence-corrected chi connectivity index (χ1v) is 6.36. The number of aliphatic hydroxyl groups is 1. The van der Waals surface area contributed by atoms with E-state index in [1.165, 1.54) is 0 Å². The second kappa shape index (κ2) is 5.40. The van der Waals surface area contributed by atoms with Gasteiger partial charge >= 0.3 is 0 Å². The quantitative estimate of drug-likeness (QED) is 0.905. The molecule has 1 N–H and O–H groups in total. The van der Waals surface area contributed by atoms with Crippen LogP contribution in [-0.4, -0.2) is 45.4 Å². The number of amides is 1. The Morgan fingerprint density at radius 2 is 2.16 bits per heavy atom. The molecule has 1 aromatic carbocycles. The van der Waals surface area contributed by atoms with Gasteiger partial charge in [-0.1, -0.05) is 18.2 Å². The van der Waals surface area contributed by atoms with Crippen LogP contribution >= 0.6 is 0 Å². The topological polar surface area (TPSA) is 58.4 Å². The van der Waals surface area contributed by atoms with Crippen molar-refractivity contribution in [2.75, 3.05) is 13.6 Å². The molecule has 0 radical (unpaired) electrons. The second-order valence-corrected chi connectivity index (χ2v) is 4.85. The Labute approximate surface area is 112 Å². The molecule has 0 aliphatic rings. The molecule has 0 spiro atoms. The number of aryl methyl sites for hydroxylation is 1. The molecule has 0 aliphatic carbocycles. The van der Waals surface area contributed by atoms with Gasteiger partial charge < -0.3 is 10.0 Å². The third-order valence-corrected chi connectivity index (χ3v) is 3.19. The predicted molar refractivity (Wildman–Crippen MR) is 74.0 cm³/mol. The number of fused-ring (bicyclic) bond motifs is 1. The van der Waals surface area contributed by atoms with E-state index < -0.39 is 6.10 Å². The highest BCUT2D eigenvalue weighted by Gasteiger charge is 2.19. The lowest BCUT2D eigenvalue weighted by atomic mass is 10.2. The summed E-state index contributed by atoms with van der Waals surface area (Å²) in [6.07, 6.45) is 0.156. The van der Waals surface area contributed by atoms with Crippen LogP contribution in [0.5, 0.6) is 0 Å². The lowest BCUT2D eigenvalue weighted by Crippen LogP contribution is -2.30. The molecular formula is C14H19N3O2. The van der Waals surface area contributed by atoms with Crippen LogP contribution in [0.15, 0.2) is 24.3 Å². The largest absolute Gasteiger partial charge is 0.393 e. The summed E-state index contributed by atoms with van der Waals surface area (Å²) in [5.74, 6) is -0.113. The first-order valence-electron chi connectivity index (χ1n) is 6.36. The standard InChI is InChI=1S/C14H19N3O2/c1-10(18)8-9-16(2)14(19)13-11-6-4-5-7-12(11)17(3)15-13/h4-7,10,18H,8-9H2,1-3H3. The highest BCUT2D eigenvalue weighted by atomic mass is 16.3. The number of benzene rings is 1. The minimum absolute atomic E-state index is 0.113. The zero-order valence-corrected chi connectivity index (χ0v) is 11.5. The van der Waals surface area contributed by atoms with Crippen molar-refractivity contribution in [3.05, 3.63) is 30.0 Å². The van der Waals surface area contributed by atoms with Crippen LogP contribution in [0.3, 0.4) is 0 Å². The Hall–Kier alpha value is -1.88. The van der Waals surface area contributed by atoms with Crippen LogP contribution in [0, 0.1) is 0 Å². The molecule has 19 heavy (non-hydrogen) atoms. The first kappa shape index (κ1) is 13.5. The molecule has 102 valence electrons. The SMILES string of the molecule is CC(O)CCN(C)C(=O)c1nn(C)c2ccccc12. The lowest BCUT2D eigenvalue weighted by Gasteiger charge is -2.16. The van der Waals surface area contributed by atoms with Gasteiger partial charge in [-0.15, -0.1) is 0 Å². The van der Waals surface area contributed by atoms with E-state index in [9.17, 15) is 9.90 Å². The Kier molecular flexibility index (Phi) is 3.85. The molecule has 1 amide bonds. The molecule has 5 heteroatoms. The van der Waals surface area contributed by atoms with Gasteiger partial charge in [0.05, 0.1) is 11.6 Å². The summed E-state index contributed by atoms with van der Waals surface area (Å²) in [6.45, 7) is 2.23. The van der Waals surface area contributed by atoms with Crippen molar-refractivity contribution in [2.45, 2.75) is 19.4 Å². The summed E-state index contributed by atoms with van der Waals surface area (Å²) in [5.41, 5.74) is 1.40. The number of rotatable bonds is 4. The fourth-order valence-electron chi connectivity index (χ4n) is 2.03. The highest BCUT2D eigenvalue weighted by molar-refractivity contribution is 6.04. The zero-order valence-electron chi connectivity index (χ0n) is 11.5. The summed E-state index contributed by atoms with van der Waals surface area (Å²) in [5, 5.41) is 14.4. The number of carbonyl (C=O) groups is 1. The molecule has 1 heterocycles. The highest BCUT2D eigenvalue weighted by Crippen LogP contribution is 2.18. The molecule has 0 saturated heterocycles. The van der Waals surface area contributed by atoms with Gasteiger partial charge in [0.2, 0.25) is 0 Å². The summed E-state index contributed by atoms with van der Waals surface area (Å²) in [4.78, 5) is 14.0. The third-order valence-electron chi connectivity index (χ3n) is 3.19. The average Bonchev–Trinajstić information content (AvgIpc) is 2.73. The third kappa shape index (κ3) is 2.76. The van der Waals surface area contributed by atoms with Crippen molar-refractivity contribution in [2.24, 2.45) is 7.05 Å². The molecule has 1 atom stereocenters. The molecule has 1 unspecified atom stereocenters. The summed E-state index contributed by atoms with van der Waals surface area (Å²) >= 11 is 0. The Bertz CT molecular complexity index is 589. The predicted octanol–water partition coefficient (Wildman–Crippen LogP) is 1.42. The van der Waals surface area contributed by atoms with Crippen LogP contribution in [-0.2, 0) is 7.05 Å². The van der Waals surface area contributed by atoms with Gasteiger partial charge in [-0.05, 0) is 19.4 Å². The van der Waals surface area contributed by atoms with Crippen molar-refractivity contribution in [3.63, 3.8) is 0 Å². The lowest BCUT2D eigenvalue weighted by molar-refractivity contribution is 0.0764. The maximum absolute atomic E-state index is 12.4. The van der Waals surface area contributed by atoms with E-state index in [4.69, 9.17) is 0 Å². The summed E-state index contributed by atoms with van der Waals surface area (Å²) in [7, 11) is 3.56. The van der Waals surface area contributed by atoms with Crippen LogP contribution in [0.4, 0.5) is 0 Å². The number of hydrogen-bond acceptors (Lipinski definition) is 3. The maximum Gasteiger partial charge on any atom is 0.274 e. The van der Waals surface area contributed by atoms with E-state index in [0.717, 1.165) is 10.9 Å². The van der Waals surface area contributed by atoms with E-state index in [2.05, 4.69) is 5.10 Å². The average molecular weight is 261 g/mol. The normalized spacial score (nSPS) is 12.6. The number of nitrogens with zero attached hydrogens (tertiary/aromatic N) is 3. The number of aromatic nitrogens is 2. The summed E-state index contributed by atoms with van der Waals surface area (Å²) in [6, 6.07) is 7.67. The van der Waals surface area contributed by atoms with E-state index in [1.807, 2.05) is 31.3 Å².